The van der Waals surface area contributed by atoms with Gasteiger partial charge in [0.05, 0.1) is 0 Å². The van der Waals surface area contributed by atoms with Crippen LogP contribution in [0.5, 0.6) is 0 Å². The topological polar surface area (TPSA) is 65.5 Å². The Kier molecular flexibility index (Phi) is 6.09. The summed E-state index contributed by atoms with van der Waals surface area (Å²) < 4.78 is 0. The van der Waals surface area contributed by atoms with Crippen LogP contribution in [0.1, 0.15) is 44.5 Å². The van der Waals surface area contributed by atoms with E-state index in [1.54, 1.807) is 12.1 Å². The number of benzene rings is 1. The molecule has 0 spiro atoms. The molecule has 2 amide bonds. The molecule has 0 saturated carbocycles. The number of piperazine rings is 1. The number of rotatable bonds is 4. The molecule has 148 valence electrons. The predicted octanol–water partition coefficient (Wildman–Crippen LogP) is 3.04. The molecule has 6 heteroatoms. The lowest BCUT2D eigenvalue weighted by molar-refractivity contribution is 0.0643. The lowest BCUT2D eigenvalue weighted by Crippen LogP contribution is -2.48. The third-order valence-corrected chi connectivity index (χ3v) is 5.26. The predicted molar refractivity (Wildman–Crippen MR) is 111 cm³/mol. The highest BCUT2D eigenvalue weighted by molar-refractivity contribution is 6.05. The molecule has 1 aliphatic heterocycles. The van der Waals surface area contributed by atoms with E-state index in [1.165, 1.54) is 6.20 Å². The number of hydrogen-bond donors (Lipinski definition) is 1. The Hall–Kier alpha value is -2.73. The van der Waals surface area contributed by atoms with E-state index >= 15 is 0 Å². The molecule has 1 aromatic carbocycles. The Morgan fingerprint density at radius 2 is 1.68 bits per heavy atom. The maximum absolute atomic E-state index is 12.8. The number of likely N-dealkylation sites (N-methyl/N-ethyl adjacent to an activating group) is 1. The van der Waals surface area contributed by atoms with Crippen molar-refractivity contribution in [1.82, 2.24) is 14.8 Å². The van der Waals surface area contributed by atoms with Gasteiger partial charge in [-0.05, 0) is 50.6 Å². The third-order valence-electron chi connectivity index (χ3n) is 5.26. The Morgan fingerprint density at radius 3 is 2.29 bits per heavy atom. The SMILES string of the molecule is CCN1CCN(C(=O)c2ccnc(C(=O)Nc3c(C)cc(C)cc3C)c2)CC1. The zero-order valence-corrected chi connectivity index (χ0v) is 17.1. The average molecular weight is 380 g/mol. The van der Waals surface area contributed by atoms with E-state index in [0.717, 1.165) is 42.0 Å². The van der Waals surface area contributed by atoms with Gasteiger partial charge < -0.3 is 15.1 Å². The van der Waals surface area contributed by atoms with Crippen molar-refractivity contribution in [1.29, 1.82) is 0 Å². The molecule has 1 aliphatic rings. The van der Waals surface area contributed by atoms with Crippen molar-refractivity contribution in [3.8, 4) is 0 Å². The monoisotopic (exact) mass is 380 g/mol. The molecule has 1 fully saturated rings. The molecule has 2 aromatic rings. The number of hydrogen-bond acceptors (Lipinski definition) is 4. The van der Waals surface area contributed by atoms with Gasteiger partial charge in [0, 0.05) is 43.6 Å². The largest absolute Gasteiger partial charge is 0.336 e. The lowest BCUT2D eigenvalue weighted by Gasteiger charge is -2.34. The summed E-state index contributed by atoms with van der Waals surface area (Å²) in [6, 6.07) is 7.33. The van der Waals surface area contributed by atoms with E-state index in [-0.39, 0.29) is 17.5 Å². The molecule has 0 aliphatic carbocycles. The highest BCUT2D eigenvalue weighted by atomic mass is 16.2. The van der Waals surface area contributed by atoms with E-state index in [0.29, 0.717) is 18.7 Å². The fourth-order valence-corrected chi connectivity index (χ4v) is 3.69. The summed E-state index contributed by atoms with van der Waals surface area (Å²) in [6.07, 6.45) is 1.53. The summed E-state index contributed by atoms with van der Waals surface area (Å²) in [5, 5.41) is 2.95. The van der Waals surface area contributed by atoms with Gasteiger partial charge in [-0.1, -0.05) is 24.6 Å². The van der Waals surface area contributed by atoms with Crippen LogP contribution in [-0.4, -0.2) is 59.3 Å². The van der Waals surface area contributed by atoms with Gasteiger partial charge in [0.2, 0.25) is 0 Å². The van der Waals surface area contributed by atoms with Gasteiger partial charge in [-0.2, -0.15) is 0 Å². The second kappa shape index (κ2) is 8.52. The number of carbonyl (C=O) groups is 2. The molecule has 6 nitrogen and oxygen atoms in total. The molecule has 1 aromatic heterocycles. The van der Waals surface area contributed by atoms with E-state index in [2.05, 4.69) is 22.1 Å². The van der Waals surface area contributed by atoms with Crippen LogP contribution in [0.3, 0.4) is 0 Å². The minimum atomic E-state index is -0.305. The zero-order chi connectivity index (χ0) is 20.3. The molecule has 0 atom stereocenters. The summed E-state index contributed by atoms with van der Waals surface area (Å²) in [6.45, 7) is 12.3. The fourth-order valence-electron chi connectivity index (χ4n) is 3.69. The molecule has 0 unspecified atom stereocenters. The van der Waals surface area contributed by atoms with Crippen molar-refractivity contribution in [3.05, 3.63) is 58.4 Å². The number of nitrogens with one attached hydrogen (secondary N) is 1. The van der Waals surface area contributed by atoms with Crippen molar-refractivity contribution >= 4 is 17.5 Å². The maximum Gasteiger partial charge on any atom is 0.274 e. The quantitative estimate of drug-likeness (QED) is 0.885. The van der Waals surface area contributed by atoms with E-state index in [1.807, 2.05) is 37.8 Å². The van der Waals surface area contributed by atoms with Gasteiger partial charge in [-0.25, -0.2) is 0 Å². The maximum atomic E-state index is 12.8. The molecule has 28 heavy (non-hydrogen) atoms. The van der Waals surface area contributed by atoms with Crippen LogP contribution in [0.4, 0.5) is 5.69 Å². The summed E-state index contributed by atoms with van der Waals surface area (Å²) in [5.74, 6) is -0.351. The first-order chi connectivity index (χ1) is 13.4. The zero-order valence-electron chi connectivity index (χ0n) is 17.1. The van der Waals surface area contributed by atoms with Gasteiger partial charge in [-0.3, -0.25) is 14.6 Å². The number of aromatic nitrogens is 1. The first kappa shape index (κ1) is 20.0. The summed E-state index contributed by atoms with van der Waals surface area (Å²) in [7, 11) is 0. The van der Waals surface area contributed by atoms with Gasteiger partial charge in [0.15, 0.2) is 0 Å². The lowest BCUT2D eigenvalue weighted by atomic mass is 10.0. The smallest absolute Gasteiger partial charge is 0.274 e. The molecule has 3 rings (SSSR count). The van der Waals surface area contributed by atoms with Crippen molar-refractivity contribution in [2.45, 2.75) is 27.7 Å². The van der Waals surface area contributed by atoms with Crippen molar-refractivity contribution in [2.75, 3.05) is 38.0 Å². The van der Waals surface area contributed by atoms with Crippen LogP contribution in [0, 0.1) is 20.8 Å². The van der Waals surface area contributed by atoms with Crippen molar-refractivity contribution in [2.24, 2.45) is 0 Å². The second-order valence-corrected chi connectivity index (χ2v) is 7.38. The van der Waals surface area contributed by atoms with Crippen LogP contribution < -0.4 is 5.32 Å². The number of nitrogens with zero attached hydrogens (tertiary/aromatic N) is 3. The van der Waals surface area contributed by atoms with Crippen LogP contribution >= 0.6 is 0 Å². The summed E-state index contributed by atoms with van der Waals surface area (Å²) >= 11 is 0. The summed E-state index contributed by atoms with van der Waals surface area (Å²) in [5.41, 5.74) is 4.71. The normalized spacial score (nSPS) is 14.8. The van der Waals surface area contributed by atoms with Crippen LogP contribution in [0.2, 0.25) is 0 Å². The molecule has 0 radical (unpaired) electrons. The minimum Gasteiger partial charge on any atom is -0.336 e. The average Bonchev–Trinajstić information content (AvgIpc) is 2.70. The first-order valence-corrected chi connectivity index (χ1v) is 9.76. The Morgan fingerprint density at radius 1 is 1.04 bits per heavy atom. The van der Waals surface area contributed by atoms with E-state index in [9.17, 15) is 9.59 Å². The highest BCUT2D eigenvalue weighted by Crippen LogP contribution is 2.22. The van der Waals surface area contributed by atoms with Crippen molar-refractivity contribution < 1.29 is 9.59 Å². The van der Waals surface area contributed by atoms with Gasteiger partial charge in [0.1, 0.15) is 5.69 Å². The molecule has 2 heterocycles. The molecule has 1 saturated heterocycles. The molecular weight excluding hydrogens is 352 g/mol. The third kappa shape index (κ3) is 4.39. The molecule has 1 N–H and O–H groups in total. The second-order valence-electron chi connectivity index (χ2n) is 7.38. The minimum absolute atomic E-state index is 0.0464. The summed E-state index contributed by atoms with van der Waals surface area (Å²) in [4.78, 5) is 33.9. The molecule has 0 bridgehead atoms. The van der Waals surface area contributed by atoms with E-state index in [4.69, 9.17) is 0 Å². The van der Waals surface area contributed by atoms with Crippen LogP contribution in [0.25, 0.3) is 0 Å². The number of pyridine rings is 1. The van der Waals surface area contributed by atoms with Crippen LogP contribution in [-0.2, 0) is 0 Å². The highest BCUT2D eigenvalue weighted by Gasteiger charge is 2.22. The standard InChI is InChI=1S/C22H28N4O2/c1-5-25-8-10-26(11-9-25)22(28)18-6-7-23-19(14-18)21(27)24-20-16(3)12-15(2)13-17(20)4/h6-7,12-14H,5,8-11H2,1-4H3,(H,24,27). The Balaban J connectivity index is 1.74. The fraction of sp³-hybridized carbons (Fsp3) is 0.409. The van der Waals surface area contributed by atoms with Gasteiger partial charge >= 0.3 is 0 Å². The van der Waals surface area contributed by atoms with E-state index < -0.39 is 0 Å². The van der Waals surface area contributed by atoms with Gasteiger partial charge in [-0.15, -0.1) is 0 Å². The number of aryl methyl sites for hydroxylation is 3. The number of anilines is 1. The van der Waals surface area contributed by atoms with Crippen molar-refractivity contribution in [3.63, 3.8) is 0 Å². The van der Waals surface area contributed by atoms with Gasteiger partial charge in [0.25, 0.3) is 11.8 Å². The number of carbonyl (C=O) groups excluding carboxylic acids is 2. The Labute approximate surface area is 166 Å². The number of amides is 2. The van der Waals surface area contributed by atoms with Crippen LogP contribution in [0.15, 0.2) is 30.5 Å². The first-order valence-electron chi connectivity index (χ1n) is 9.76. The molecular formula is C22H28N4O2. The Bertz CT molecular complexity index is 863.